The highest BCUT2D eigenvalue weighted by atomic mass is 32.2. The molecule has 1 N–H and O–H groups in total. The number of benzene rings is 1. The molecule has 0 saturated carbocycles. The molecule has 0 spiro atoms. The second-order valence-electron chi connectivity index (χ2n) is 5.77. The smallest absolute Gasteiger partial charge is 0.266 e. The quantitative estimate of drug-likeness (QED) is 0.562. The summed E-state index contributed by atoms with van der Waals surface area (Å²) in [6, 6.07) is 9.90. The van der Waals surface area contributed by atoms with Gasteiger partial charge in [-0.3, -0.25) is 14.5 Å². The molecule has 5 nitrogen and oxygen atoms in total. The van der Waals surface area contributed by atoms with Crippen LogP contribution in [0, 0.1) is 0 Å². The topological polar surface area (TPSA) is 62.3 Å². The lowest BCUT2D eigenvalue weighted by atomic mass is 10.1. The first kappa shape index (κ1) is 19.5. The number of carbonyl (C=O) groups is 2. The number of nitrogens with one attached hydrogen (secondary N) is 1. The third kappa shape index (κ3) is 5.35. The SMILES string of the molecule is CC(/C=C1\SC(=S)N(CCC(=O)Nc2nccs2)C1=O)=C\c1ccccc1. The van der Waals surface area contributed by atoms with Crippen LogP contribution in [0.15, 0.2) is 58.5 Å². The Hall–Kier alpha value is -2.29. The fourth-order valence-electron chi connectivity index (χ4n) is 2.43. The van der Waals surface area contributed by atoms with Crippen molar-refractivity contribution in [1.82, 2.24) is 9.88 Å². The third-order valence-corrected chi connectivity index (χ3v) is 5.73. The molecule has 2 heterocycles. The Labute approximate surface area is 171 Å². The summed E-state index contributed by atoms with van der Waals surface area (Å²) < 4.78 is 0.473. The molecule has 0 unspecified atom stereocenters. The van der Waals surface area contributed by atoms with Crippen LogP contribution in [0.5, 0.6) is 0 Å². The Balaban J connectivity index is 1.61. The van der Waals surface area contributed by atoms with Gasteiger partial charge in [0.1, 0.15) is 4.32 Å². The van der Waals surface area contributed by atoms with Crippen molar-refractivity contribution in [2.75, 3.05) is 11.9 Å². The Morgan fingerprint density at radius 3 is 2.81 bits per heavy atom. The maximum Gasteiger partial charge on any atom is 0.266 e. The largest absolute Gasteiger partial charge is 0.302 e. The second kappa shape index (κ2) is 9.07. The summed E-state index contributed by atoms with van der Waals surface area (Å²) in [5.41, 5.74) is 2.03. The molecule has 1 fully saturated rings. The monoisotopic (exact) mass is 415 g/mol. The molecule has 138 valence electrons. The highest BCUT2D eigenvalue weighted by molar-refractivity contribution is 8.26. The van der Waals surface area contributed by atoms with Crippen molar-refractivity contribution in [1.29, 1.82) is 0 Å². The molecule has 0 bridgehead atoms. The van der Waals surface area contributed by atoms with Crippen molar-refractivity contribution in [3.05, 3.63) is 64.0 Å². The van der Waals surface area contributed by atoms with E-state index in [4.69, 9.17) is 12.2 Å². The first-order valence-electron chi connectivity index (χ1n) is 8.21. The van der Waals surface area contributed by atoms with E-state index in [-0.39, 0.29) is 24.8 Å². The van der Waals surface area contributed by atoms with Gasteiger partial charge < -0.3 is 5.32 Å². The molecule has 27 heavy (non-hydrogen) atoms. The van der Waals surface area contributed by atoms with Gasteiger partial charge in [0.05, 0.1) is 4.91 Å². The van der Waals surface area contributed by atoms with Crippen LogP contribution in [0.3, 0.4) is 0 Å². The minimum atomic E-state index is -0.192. The number of thiocarbonyl (C=S) groups is 1. The molecular formula is C19H17N3O2S3. The molecule has 1 aromatic heterocycles. The summed E-state index contributed by atoms with van der Waals surface area (Å²) in [7, 11) is 0. The first-order valence-corrected chi connectivity index (χ1v) is 10.3. The summed E-state index contributed by atoms with van der Waals surface area (Å²) >= 11 is 7.92. The number of hydrogen-bond acceptors (Lipinski definition) is 6. The van der Waals surface area contributed by atoms with Crippen molar-refractivity contribution >= 4 is 62.7 Å². The van der Waals surface area contributed by atoms with Crippen LogP contribution in [0.1, 0.15) is 18.9 Å². The molecule has 0 aliphatic carbocycles. The van der Waals surface area contributed by atoms with E-state index >= 15 is 0 Å². The average Bonchev–Trinajstić information content (AvgIpc) is 3.23. The third-order valence-electron chi connectivity index (χ3n) is 3.67. The van der Waals surface area contributed by atoms with E-state index in [0.29, 0.717) is 14.4 Å². The molecular weight excluding hydrogens is 398 g/mol. The van der Waals surface area contributed by atoms with Crippen molar-refractivity contribution in [3.63, 3.8) is 0 Å². The van der Waals surface area contributed by atoms with Gasteiger partial charge in [0, 0.05) is 24.5 Å². The zero-order valence-electron chi connectivity index (χ0n) is 14.5. The summed E-state index contributed by atoms with van der Waals surface area (Å²) in [6.45, 7) is 2.20. The predicted molar refractivity (Wildman–Crippen MR) is 115 cm³/mol. The van der Waals surface area contributed by atoms with Crippen LogP contribution in [0.2, 0.25) is 0 Å². The number of amides is 2. The highest BCUT2D eigenvalue weighted by Gasteiger charge is 2.32. The fraction of sp³-hybridized carbons (Fsp3) is 0.158. The number of nitrogens with zero attached hydrogens (tertiary/aromatic N) is 2. The van der Waals surface area contributed by atoms with Crippen molar-refractivity contribution < 1.29 is 9.59 Å². The predicted octanol–water partition coefficient (Wildman–Crippen LogP) is 4.32. The lowest BCUT2D eigenvalue weighted by molar-refractivity contribution is -0.122. The van der Waals surface area contributed by atoms with Crippen LogP contribution in [-0.4, -0.2) is 32.6 Å². The molecule has 0 radical (unpaired) electrons. The van der Waals surface area contributed by atoms with E-state index in [2.05, 4.69) is 10.3 Å². The summed E-state index contributed by atoms with van der Waals surface area (Å²) in [6.07, 6.45) is 5.63. The average molecular weight is 416 g/mol. The second-order valence-corrected chi connectivity index (χ2v) is 8.34. The van der Waals surface area contributed by atoms with E-state index in [0.717, 1.165) is 11.1 Å². The van der Waals surface area contributed by atoms with Crippen LogP contribution in [0.4, 0.5) is 5.13 Å². The fourth-order valence-corrected chi connectivity index (χ4v) is 4.34. The van der Waals surface area contributed by atoms with E-state index in [1.165, 1.54) is 28.0 Å². The van der Waals surface area contributed by atoms with Gasteiger partial charge in [0.25, 0.3) is 5.91 Å². The van der Waals surface area contributed by atoms with Crippen molar-refractivity contribution in [2.45, 2.75) is 13.3 Å². The zero-order chi connectivity index (χ0) is 19.2. The molecule has 1 saturated heterocycles. The number of rotatable bonds is 6. The molecule has 1 aliphatic heterocycles. The van der Waals surface area contributed by atoms with Crippen LogP contribution in [-0.2, 0) is 9.59 Å². The Bertz CT molecular complexity index is 906. The minimum Gasteiger partial charge on any atom is -0.302 e. The number of aromatic nitrogens is 1. The van der Waals surface area contributed by atoms with Crippen LogP contribution in [0.25, 0.3) is 6.08 Å². The standard InChI is InChI=1S/C19H17N3O2S3/c1-13(11-14-5-3-2-4-6-14)12-15-17(24)22(19(25)27-15)9-7-16(23)21-18-20-8-10-26-18/h2-6,8,10-12H,7,9H2,1H3,(H,20,21,23)/b13-11+,15-12-. The molecule has 2 amide bonds. The van der Waals surface area contributed by atoms with Gasteiger partial charge in [0.2, 0.25) is 5.91 Å². The summed E-state index contributed by atoms with van der Waals surface area (Å²) in [5, 5.41) is 5.04. The molecule has 1 aliphatic rings. The van der Waals surface area contributed by atoms with Gasteiger partial charge in [-0.25, -0.2) is 4.98 Å². The Morgan fingerprint density at radius 2 is 2.11 bits per heavy atom. The van der Waals surface area contributed by atoms with Gasteiger partial charge in [0.15, 0.2) is 5.13 Å². The number of thioether (sulfide) groups is 1. The maximum absolute atomic E-state index is 12.6. The van der Waals surface area contributed by atoms with Crippen LogP contribution < -0.4 is 5.32 Å². The number of hydrogen-bond donors (Lipinski definition) is 1. The number of anilines is 1. The lowest BCUT2D eigenvalue weighted by Gasteiger charge is -2.13. The normalized spacial score (nSPS) is 16.3. The van der Waals surface area contributed by atoms with E-state index < -0.39 is 0 Å². The van der Waals surface area contributed by atoms with Gasteiger partial charge in [-0.2, -0.15) is 0 Å². The number of allylic oxidation sites excluding steroid dienone is 2. The van der Waals surface area contributed by atoms with Crippen molar-refractivity contribution in [2.24, 2.45) is 0 Å². The lowest BCUT2D eigenvalue weighted by Crippen LogP contribution is -2.31. The summed E-state index contributed by atoms with van der Waals surface area (Å²) in [4.78, 5) is 30.7. The number of carbonyl (C=O) groups excluding carboxylic acids is 2. The first-order chi connectivity index (χ1) is 13.0. The number of thiazole rings is 1. The zero-order valence-corrected chi connectivity index (χ0v) is 17.0. The highest BCUT2D eigenvalue weighted by Crippen LogP contribution is 2.32. The Kier molecular flexibility index (Phi) is 6.54. The van der Waals surface area contributed by atoms with E-state index in [1.807, 2.05) is 49.4 Å². The molecule has 2 aromatic rings. The van der Waals surface area contributed by atoms with Crippen molar-refractivity contribution in [3.8, 4) is 0 Å². The van der Waals surface area contributed by atoms with Gasteiger partial charge in [-0.1, -0.05) is 60.4 Å². The maximum atomic E-state index is 12.6. The molecule has 3 rings (SSSR count). The molecule has 0 atom stereocenters. The molecule has 1 aromatic carbocycles. The van der Waals surface area contributed by atoms with E-state index in [9.17, 15) is 9.59 Å². The van der Waals surface area contributed by atoms with Crippen LogP contribution >= 0.6 is 35.3 Å². The Morgan fingerprint density at radius 1 is 1.33 bits per heavy atom. The van der Waals surface area contributed by atoms with Gasteiger partial charge in [-0.15, -0.1) is 11.3 Å². The van der Waals surface area contributed by atoms with Gasteiger partial charge in [-0.05, 0) is 24.1 Å². The van der Waals surface area contributed by atoms with Gasteiger partial charge >= 0.3 is 0 Å². The van der Waals surface area contributed by atoms with E-state index in [1.54, 1.807) is 11.6 Å². The minimum absolute atomic E-state index is 0.159. The molecule has 8 heteroatoms. The summed E-state index contributed by atoms with van der Waals surface area (Å²) in [5.74, 6) is -0.351.